The molecule has 0 bridgehead atoms. The predicted octanol–water partition coefficient (Wildman–Crippen LogP) is 4.68. The van der Waals surface area contributed by atoms with Crippen molar-refractivity contribution in [1.82, 2.24) is 24.4 Å². The van der Waals surface area contributed by atoms with E-state index in [0.717, 1.165) is 49.4 Å². The number of nitrogens with zero attached hydrogens (tertiary/aromatic N) is 5. The first kappa shape index (κ1) is 26.7. The number of benzene rings is 1. The summed E-state index contributed by atoms with van der Waals surface area (Å²) in [6.07, 6.45) is -1.40. The first-order valence-electron chi connectivity index (χ1n) is 13.3. The van der Waals surface area contributed by atoms with Crippen molar-refractivity contribution in [3.8, 4) is 0 Å². The summed E-state index contributed by atoms with van der Waals surface area (Å²) in [5, 5.41) is 0. The van der Waals surface area contributed by atoms with Gasteiger partial charge in [0, 0.05) is 37.8 Å². The molecular formula is C27H35F3N6O2. The van der Waals surface area contributed by atoms with Gasteiger partial charge in [0.15, 0.2) is 5.82 Å². The quantitative estimate of drug-likeness (QED) is 0.497. The Morgan fingerprint density at radius 2 is 1.92 bits per heavy atom. The first-order chi connectivity index (χ1) is 18.1. The zero-order chi connectivity index (χ0) is 27.2. The minimum atomic E-state index is -4.35. The second-order valence-corrected chi connectivity index (χ2v) is 10.5. The van der Waals surface area contributed by atoms with Crippen molar-refractivity contribution < 1.29 is 17.9 Å². The molecule has 0 radical (unpaired) electrons. The van der Waals surface area contributed by atoms with Gasteiger partial charge in [-0.15, -0.1) is 0 Å². The van der Waals surface area contributed by atoms with Gasteiger partial charge in [0.2, 0.25) is 0 Å². The van der Waals surface area contributed by atoms with E-state index >= 15 is 0 Å². The maximum Gasteiger partial charge on any atom is 0.416 e. The van der Waals surface area contributed by atoms with Gasteiger partial charge >= 0.3 is 11.9 Å². The molecule has 1 N–H and O–H groups in total. The number of aromatic nitrogens is 4. The molecule has 2 aliphatic rings. The molecule has 2 saturated heterocycles. The second-order valence-electron chi connectivity index (χ2n) is 10.5. The normalized spacial score (nSPS) is 23.9. The smallest absolute Gasteiger partial charge is 0.376 e. The molecule has 4 heterocycles. The second kappa shape index (κ2) is 10.3. The third-order valence-corrected chi connectivity index (χ3v) is 8.06. The van der Waals surface area contributed by atoms with Crippen LogP contribution in [0.3, 0.4) is 0 Å². The number of fused-ring (bicyclic) bond motifs is 1. The monoisotopic (exact) mass is 532 g/mol. The molecule has 4 atom stereocenters. The Hall–Kier alpha value is -2.92. The number of aryl methyl sites for hydroxylation is 1. The summed E-state index contributed by atoms with van der Waals surface area (Å²) in [5.41, 5.74) is 1.12. The highest BCUT2D eigenvalue weighted by molar-refractivity contribution is 5.84. The van der Waals surface area contributed by atoms with Crippen molar-refractivity contribution >= 4 is 17.0 Å². The van der Waals surface area contributed by atoms with Crippen LogP contribution in [0.25, 0.3) is 11.2 Å². The van der Waals surface area contributed by atoms with Crippen molar-refractivity contribution in [2.24, 2.45) is 0 Å². The zero-order valence-electron chi connectivity index (χ0n) is 22.3. The van der Waals surface area contributed by atoms with Crippen LogP contribution in [0.2, 0.25) is 0 Å². The summed E-state index contributed by atoms with van der Waals surface area (Å²) in [6.45, 7) is 10.8. The number of rotatable bonds is 6. The van der Waals surface area contributed by atoms with Crippen molar-refractivity contribution in [3.05, 3.63) is 51.7 Å². The van der Waals surface area contributed by atoms with E-state index in [1.54, 1.807) is 12.1 Å². The highest BCUT2D eigenvalue weighted by Crippen LogP contribution is 2.34. The molecule has 2 fully saturated rings. The Morgan fingerprint density at radius 3 is 2.55 bits per heavy atom. The molecule has 0 aliphatic carbocycles. The maximum absolute atomic E-state index is 13.1. The number of H-pyrrole nitrogens is 1. The lowest BCUT2D eigenvalue weighted by Gasteiger charge is -2.48. The fourth-order valence-electron chi connectivity index (χ4n) is 5.88. The third-order valence-electron chi connectivity index (χ3n) is 8.06. The summed E-state index contributed by atoms with van der Waals surface area (Å²) < 4.78 is 47.0. The summed E-state index contributed by atoms with van der Waals surface area (Å²) >= 11 is 0. The van der Waals surface area contributed by atoms with Crippen LogP contribution < -0.4 is 10.6 Å². The van der Waals surface area contributed by atoms with Gasteiger partial charge in [0.1, 0.15) is 17.0 Å². The summed E-state index contributed by atoms with van der Waals surface area (Å²) in [7, 11) is 0. The molecule has 2 aliphatic heterocycles. The molecule has 1 aromatic carbocycles. The van der Waals surface area contributed by atoms with Crippen LogP contribution in [0.1, 0.15) is 63.0 Å². The molecule has 0 saturated carbocycles. The van der Waals surface area contributed by atoms with E-state index < -0.39 is 17.4 Å². The lowest BCUT2D eigenvalue weighted by molar-refractivity contribution is -0.137. The standard InChI is InChI=1S/C27H35F3N6O2/c1-5-21-14-34(16(2)13-35(21)17(3)19-8-10-20(11-9-19)27(28,29)30)24-23-25(33-26(37)32-24)36(18(4)31-23)15-22-7-6-12-38-22/h8-11,16-17,21-22H,5-7,12-15H2,1-4H3,(H,32,33,37)/t16-,17?,21+,22-/m0/s1. The minimum Gasteiger partial charge on any atom is -0.376 e. The van der Waals surface area contributed by atoms with Gasteiger partial charge in [-0.25, -0.2) is 9.78 Å². The SMILES string of the molecule is CC[C@@H]1CN(c2nc(=O)[nH]c3c2nc(C)n3C[C@@H]2CCCO2)[C@@H](C)CN1C(C)c1ccc(C(F)(F)F)cc1. The van der Waals surface area contributed by atoms with Crippen molar-refractivity contribution in [3.63, 3.8) is 0 Å². The largest absolute Gasteiger partial charge is 0.416 e. The van der Waals surface area contributed by atoms with E-state index in [1.807, 2.05) is 18.4 Å². The molecule has 0 amide bonds. The van der Waals surface area contributed by atoms with E-state index in [-0.39, 0.29) is 24.2 Å². The van der Waals surface area contributed by atoms with Crippen LogP contribution in [-0.4, -0.2) is 62.3 Å². The third kappa shape index (κ3) is 5.05. The Balaban J connectivity index is 1.42. The highest BCUT2D eigenvalue weighted by atomic mass is 19.4. The number of piperazine rings is 1. The van der Waals surface area contributed by atoms with Crippen LogP contribution in [0.4, 0.5) is 19.0 Å². The number of imidazole rings is 1. The molecule has 0 spiro atoms. The summed E-state index contributed by atoms with van der Waals surface area (Å²) in [5.74, 6) is 1.38. The molecule has 1 unspecified atom stereocenters. The zero-order valence-corrected chi connectivity index (χ0v) is 22.3. The van der Waals surface area contributed by atoms with Gasteiger partial charge in [-0.05, 0) is 57.7 Å². The Bertz CT molecular complexity index is 1330. The molecule has 8 nitrogen and oxygen atoms in total. The fraction of sp³-hybridized carbons (Fsp3) is 0.593. The van der Waals surface area contributed by atoms with Gasteiger partial charge in [0.05, 0.1) is 18.2 Å². The van der Waals surface area contributed by atoms with E-state index in [4.69, 9.17) is 9.72 Å². The number of aromatic amines is 1. The molecule has 3 aromatic rings. The van der Waals surface area contributed by atoms with E-state index in [9.17, 15) is 18.0 Å². The topological polar surface area (TPSA) is 79.3 Å². The van der Waals surface area contributed by atoms with Crippen LogP contribution >= 0.6 is 0 Å². The average Bonchev–Trinajstić information content (AvgIpc) is 3.51. The van der Waals surface area contributed by atoms with Crippen LogP contribution in [0, 0.1) is 6.92 Å². The molecule has 206 valence electrons. The lowest BCUT2D eigenvalue weighted by Crippen LogP contribution is -2.58. The van der Waals surface area contributed by atoms with Gasteiger partial charge in [-0.3, -0.25) is 9.88 Å². The van der Waals surface area contributed by atoms with Gasteiger partial charge < -0.3 is 14.2 Å². The predicted molar refractivity (Wildman–Crippen MR) is 139 cm³/mol. The summed E-state index contributed by atoms with van der Waals surface area (Å²) in [4.78, 5) is 29.3. The number of halogens is 3. The van der Waals surface area contributed by atoms with Crippen LogP contribution in [0.5, 0.6) is 0 Å². The van der Waals surface area contributed by atoms with E-state index in [0.29, 0.717) is 36.6 Å². The number of anilines is 1. The molecule has 38 heavy (non-hydrogen) atoms. The number of hydrogen-bond donors (Lipinski definition) is 1. The van der Waals surface area contributed by atoms with E-state index in [2.05, 4.69) is 33.6 Å². The van der Waals surface area contributed by atoms with Crippen LogP contribution in [-0.2, 0) is 17.5 Å². The Kier molecular flexibility index (Phi) is 7.25. The molecular weight excluding hydrogens is 497 g/mol. The van der Waals surface area contributed by atoms with Crippen LogP contribution in [0.15, 0.2) is 29.1 Å². The lowest BCUT2D eigenvalue weighted by atomic mass is 9.98. The minimum absolute atomic E-state index is 0.0100. The highest BCUT2D eigenvalue weighted by Gasteiger charge is 2.36. The van der Waals surface area contributed by atoms with Gasteiger partial charge in [-0.2, -0.15) is 18.2 Å². The number of ether oxygens (including phenoxy) is 1. The van der Waals surface area contributed by atoms with Crippen molar-refractivity contribution in [1.29, 1.82) is 0 Å². The van der Waals surface area contributed by atoms with E-state index in [1.165, 1.54) is 0 Å². The van der Waals surface area contributed by atoms with Crippen molar-refractivity contribution in [2.45, 2.75) is 83.9 Å². The Labute approximate surface area is 219 Å². The number of hydrogen-bond acceptors (Lipinski definition) is 6. The Morgan fingerprint density at radius 1 is 1.18 bits per heavy atom. The maximum atomic E-state index is 13.1. The summed E-state index contributed by atoms with van der Waals surface area (Å²) in [6, 6.07) is 5.51. The molecule has 5 rings (SSSR count). The average molecular weight is 533 g/mol. The van der Waals surface area contributed by atoms with Crippen molar-refractivity contribution in [2.75, 3.05) is 24.6 Å². The van der Waals surface area contributed by atoms with Gasteiger partial charge in [0.25, 0.3) is 0 Å². The number of nitrogens with one attached hydrogen (secondary N) is 1. The number of alkyl halides is 3. The van der Waals surface area contributed by atoms with Gasteiger partial charge in [-0.1, -0.05) is 19.1 Å². The fourth-order valence-corrected chi connectivity index (χ4v) is 5.88. The first-order valence-corrected chi connectivity index (χ1v) is 13.3. The molecule has 2 aromatic heterocycles. The molecule has 11 heteroatoms.